The van der Waals surface area contributed by atoms with Crippen molar-refractivity contribution in [2.24, 2.45) is 0 Å². The van der Waals surface area contributed by atoms with Crippen LogP contribution in [0.4, 0.5) is 5.69 Å². The van der Waals surface area contributed by atoms with E-state index < -0.39 is 4.92 Å². The molecule has 0 aliphatic heterocycles. The van der Waals surface area contributed by atoms with Crippen LogP contribution in [0.5, 0.6) is 0 Å². The van der Waals surface area contributed by atoms with Crippen molar-refractivity contribution in [1.82, 2.24) is 4.98 Å². The summed E-state index contributed by atoms with van der Waals surface area (Å²) in [6.45, 7) is 0. The lowest BCUT2D eigenvalue weighted by atomic mass is 10.2. The minimum absolute atomic E-state index is 0.192. The Balaban J connectivity index is 3.17. The van der Waals surface area contributed by atoms with Crippen LogP contribution in [0.15, 0.2) is 18.3 Å². The van der Waals surface area contributed by atoms with Crippen molar-refractivity contribution < 1.29 is 4.92 Å². The summed E-state index contributed by atoms with van der Waals surface area (Å²) in [5.41, 5.74) is 0.0543. The topological polar surface area (TPSA) is 79.8 Å². The largest absolute Gasteiger partial charge is 0.306 e. The van der Waals surface area contributed by atoms with Gasteiger partial charge in [0.05, 0.1) is 4.92 Å². The second-order valence-corrected chi connectivity index (χ2v) is 2.87. The first kappa shape index (κ1) is 11.1. The summed E-state index contributed by atoms with van der Waals surface area (Å²) < 4.78 is 0. The molecule has 6 heteroatoms. The number of hydrogen-bond donors (Lipinski definition) is 0. The molecule has 0 unspecified atom stereocenters. The lowest BCUT2D eigenvalue weighted by Gasteiger charge is -1.95. The summed E-state index contributed by atoms with van der Waals surface area (Å²) in [4.78, 5) is 13.6. The quantitative estimate of drug-likeness (QED) is 0.447. The first-order valence-electron chi connectivity index (χ1n) is 3.96. The van der Waals surface area contributed by atoms with E-state index in [9.17, 15) is 10.1 Å². The molecule has 0 fully saturated rings. The number of allylic oxidation sites excluding steroid dienone is 1. The molecule has 1 heterocycles. The number of halogens is 1. The molecule has 0 spiro atoms. The van der Waals surface area contributed by atoms with Crippen LogP contribution in [0.1, 0.15) is 11.3 Å². The number of hydrogen-bond acceptors (Lipinski definition) is 4. The Kier molecular flexibility index (Phi) is 3.77. The van der Waals surface area contributed by atoms with Gasteiger partial charge < -0.3 is 0 Å². The maximum Gasteiger partial charge on any atom is 0.306 e. The highest BCUT2D eigenvalue weighted by molar-refractivity contribution is 6.19. The van der Waals surface area contributed by atoms with Crippen molar-refractivity contribution in [1.29, 1.82) is 5.26 Å². The van der Waals surface area contributed by atoms with E-state index in [1.807, 2.05) is 0 Å². The number of aromatic nitrogens is 1. The molecule has 0 N–H and O–H groups in total. The summed E-state index contributed by atoms with van der Waals surface area (Å²) in [5.74, 6) is 0.313. The number of alkyl halides is 1. The lowest BCUT2D eigenvalue weighted by molar-refractivity contribution is -0.385. The average Bonchev–Trinajstić information content (AvgIpc) is 2.25. The van der Waals surface area contributed by atoms with Crippen LogP contribution in [0.3, 0.4) is 0 Å². The summed E-state index contributed by atoms with van der Waals surface area (Å²) >= 11 is 5.42. The zero-order chi connectivity index (χ0) is 11.3. The summed E-state index contributed by atoms with van der Waals surface area (Å²) in [5, 5.41) is 19.1. The van der Waals surface area contributed by atoms with E-state index in [0.717, 1.165) is 0 Å². The Morgan fingerprint density at radius 3 is 3.00 bits per heavy atom. The molecule has 0 aliphatic rings. The predicted octanol–water partition coefficient (Wildman–Crippen LogP) is 2.11. The molecule has 1 aromatic rings. The van der Waals surface area contributed by atoms with Crippen LogP contribution in [-0.4, -0.2) is 15.8 Å². The van der Waals surface area contributed by atoms with Crippen molar-refractivity contribution in [3.8, 4) is 6.07 Å². The SMILES string of the molecule is N#Cc1ncc(C=CCCl)cc1[N+](=O)[O-]. The second-order valence-electron chi connectivity index (χ2n) is 2.56. The Bertz CT molecular complexity index is 451. The van der Waals surface area contributed by atoms with Crippen molar-refractivity contribution in [3.63, 3.8) is 0 Å². The molecule has 0 aliphatic carbocycles. The van der Waals surface area contributed by atoms with Gasteiger partial charge in [-0.1, -0.05) is 12.2 Å². The Morgan fingerprint density at radius 1 is 1.73 bits per heavy atom. The van der Waals surface area contributed by atoms with Crippen LogP contribution >= 0.6 is 11.6 Å². The van der Waals surface area contributed by atoms with E-state index in [4.69, 9.17) is 16.9 Å². The van der Waals surface area contributed by atoms with E-state index in [2.05, 4.69) is 4.98 Å². The van der Waals surface area contributed by atoms with E-state index in [1.165, 1.54) is 12.3 Å². The number of nitriles is 1. The fourth-order valence-electron chi connectivity index (χ4n) is 0.966. The maximum atomic E-state index is 10.6. The van der Waals surface area contributed by atoms with Crippen molar-refractivity contribution in [2.45, 2.75) is 0 Å². The predicted molar refractivity (Wildman–Crippen MR) is 55.4 cm³/mol. The van der Waals surface area contributed by atoms with Gasteiger partial charge in [0.25, 0.3) is 0 Å². The highest BCUT2D eigenvalue weighted by Gasteiger charge is 2.14. The second kappa shape index (κ2) is 5.08. The standard InChI is InChI=1S/C9H6ClN3O2/c10-3-1-2-7-4-9(13(14)15)8(5-11)12-6-7/h1-2,4,6H,3H2. The van der Waals surface area contributed by atoms with Crippen molar-refractivity contribution in [2.75, 3.05) is 5.88 Å². The van der Waals surface area contributed by atoms with Crippen molar-refractivity contribution in [3.05, 3.63) is 39.7 Å². The van der Waals surface area contributed by atoms with E-state index in [-0.39, 0.29) is 11.4 Å². The third-order valence-corrected chi connectivity index (χ3v) is 1.77. The van der Waals surface area contributed by atoms with Gasteiger partial charge in [0, 0.05) is 18.1 Å². The Morgan fingerprint density at radius 2 is 2.47 bits per heavy atom. The molecule has 76 valence electrons. The van der Waals surface area contributed by atoms with Gasteiger partial charge >= 0.3 is 5.69 Å². The molecule has 0 radical (unpaired) electrons. The van der Waals surface area contributed by atoms with E-state index >= 15 is 0 Å². The molecule has 5 nitrogen and oxygen atoms in total. The van der Waals surface area contributed by atoms with E-state index in [1.54, 1.807) is 18.2 Å². The zero-order valence-corrected chi connectivity index (χ0v) is 8.31. The fourth-order valence-corrected chi connectivity index (χ4v) is 1.05. The van der Waals surface area contributed by atoms with Gasteiger partial charge in [-0.25, -0.2) is 4.98 Å². The Hall–Kier alpha value is -1.93. The maximum absolute atomic E-state index is 10.6. The Labute approximate surface area is 90.8 Å². The zero-order valence-electron chi connectivity index (χ0n) is 7.55. The third-order valence-electron chi connectivity index (χ3n) is 1.59. The monoisotopic (exact) mass is 223 g/mol. The molecule has 0 aromatic carbocycles. The van der Waals surface area contributed by atoms with Gasteiger partial charge in [-0.05, 0) is 5.56 Å². The molecular weight excluding hydrogens is 218 g/mol. The van der Waals surface area contributed by atoms with E-state index in [0.29, 0.717) is 11.4 Å². The first-order valence-corrected chi connectivity index (χ1v) is 4.49. The smallest absolute Gasteiger partial charge is 0.258 e. The minimum Gasteiger partial charge on any atom is -0.258 e. The summed E-state index contributed by atoms with van der Waals surface area (Å²) in [7, 11) is 0. The highest BCUT2D eigenvalue weighted by Crippen LogP contribution is 2.17. The van der Waals surface area contributed by atoms with Crippen LogP contribution in [0.2, 0.25) is 0 Å². The van der Waals surface area contributed by atoms with Crippen LogP contribution in [0, 0.1) is 21.4 Å². The van der Waals surface area contributed by atoms with Crippen LogP contribution in [-0.2, 0) is 0 Å². The van der Waals surface area contributed by atoms with Crippen molar-refractivity contribution >= 4 is 23.4 Å². The number of pyridine rings is 1. The molecule has 0 atom stereocenters. The summed E-state index contributed by atoms with van der Waals surface area (Å²) in [6.07, 6.45) is 4.62. The van der Waals surface area contributed by atoms with Gasteiger partial charge in [0.15, 0.2) is 0 Å². The molecule has 0 saturated heterocycles. The number of rotatable bonds is 3. The molecule has 0 saturated carbocycles. The highest BCUT2D eigenvalue weighted by atomic mass is 35.5. The molecule has 1 rings (SSSR count). The normalized spacial score (nSPS) is 10.1. The third kappa shape index (κ3) is 2.76. The van der Waals surface area contributed by atoms with Gasteiger partial charge in [0.2, 0.25) is 5.69 Å². The molecule has 1 aromatic heterocycles. The average molecular weight is 224 g/mol. The van der Waals surface area contributed by atoms with Crippen LogP contribution in [0.25, 0.3) is 6.08 Å². The van der Waals surface area contributed by atoms with Gasteiger partial charge in [-0.2, -0.15) is 5.26 Å². The first-order chi connectivity index (χ1) is 7.19. The van der Waals surface area contributed by atoms with Crippen LogP contribution < -0.4 is 0 Å². The van der Waals surface area contributed by atoms with Gasteiger partial charge in [-0.3, -0.25) is 10.1 Å². The molecule has 15 heavy (non-hydrogen) atoms. The summed E-state index contributed by atoms with van der Waals surface area (Å²) in [6, 6.07) is 2.94. The number of nitrogens with zero attached hydrogens (tertiary/aromatic N) is 3. The van der Waals surface area contributed by atoms with Gasteiger partial charge in [0.1, 0.15) is 6.07 Å². The molecule has 0 bridgehead atoms. The fraction of sp³-hybridized carbons (Fsp3) is 0.111. The minimum atomic E-state index is -0.635. The lowest BCUT2D eigenvalue weighted by Crippen LogP contribution is -1.95. The number of nitro groups is 1. The molecule has 0 amide bonds. The molecular formula is C9H6ClN3O2. The van der Waals surface area contributed by atoms with Gasteiger partial charge in [-0.15, -0.1) is 11.6 Å².